The topological polar surface area (TPSA) is 135 Å². The normalized spacial score (nSPS) is 10.5. The highest BCUT2D eigenvalue weighted by molar-refractivity contribution is 8.76. The molecule has 4 amide bonds. The molecule has 0 radical (unpaired) electrons. The van der Waals surface area contributed by atoms with Crippen LogP contribution in [0.3, 0.4) is 0 Å². The number of carbonyl (C=O) groups excluding carboxylic acids is 4. The highest BCUT2D eigenvalue weighted by Crippen LogP contribution is 2.20. The molecule has 12 heteroatoms. The van der Waals surface area contributed by atoms with Crippen molar-refractivity contribution in [2.24, 2.45) is 0 Å². The average molecular weight is 647 g/mol. The van der Waals surface area contributed by atoms with E-state index in [9.17, 15) is 19.2 Å². The van der Waals surface area contributed by atoms with Gasteiger partial charge in [0.05, 0.1) is 25.3 Å². The summed E-state index contributed by atoms with van der Waals surface area (Å²) >= 11 is 0. The maximum atomic E-state index is 12.3. The first-order valence-electron chi connectivity index (χ1n) is 15.1. The Bertz CT molecular complexity index is 1080. The average Bonchev–Trinajstić information content (AvgIpc) is 3.05. The lowest BCUT2D eigenvalue weighted by Gasteiger charge is -2.09. The van der Waals surface area contributed by atoms with Gasteiger partial charge in [-0.05, 0) is 49.9 Å². The molecule has 0 aliphatic heterocycles. The molecular weight excluding hydrogens is 601 g/mol. The standard InChI is InChI=1S/C32H46N4O6S2/c1-41-27-15-9-7-13-25(27)31(39)35-19-11-3-5-17-29(37)33-21-23-43-44-24-22-34-30(38)18-6-4-12-20-36-32(40)26-14-8-10-16-28(26)42-2/h7-10,13-16H,3-6,11-12,17-24H2,1-2H3,(H,33,37)(H,34,38)(H,35,39)(H,36,40). The second-order valence-electron chi connectivity index (χ2n) is 9.88. The molecule has 0 saturated carbocycles. The van der Waals surface area contributed by atoms with Gasteiger partial charge in [0.1, 0.15) is 11.5 Å². The molecule has 0 unspecified atom stereocenters. The maximum Gasteiger partial charge on any atom is 0.255 e. The quantitative estimate of drug-likeness (QED) is 0.102. The second kappa shape index (κ2) is 23.1. The highest BCUT2D eigenvalue weighted by Gasteiger charge is 2.11. The van der Waals surface area contributed by atoms with Gasteiger partial charge in [-0.2, -0.15) is 0 Å². The third-order valence-corrected chi connectivity index (χ3v) is 8.94. The number of nitrogens with one attached hydrogen (secondary N) is 4. The number of rotatable bonds is 23. The molecule has 2 aromatic carbocycles. The van der Waals surface area contributed by atoms with Crippen molar-refractivity contribution in [2.45, 2.75) is 51.4 Å². The van der Waals surface area contributed by atoms with Gasteiger partial charge in [-0.1, -0.05) is 58.7 Å². The summed E-state index contributed by atoms with van der Waals surface area (Å²) in [5, 5.41) is 11.7. The summed E-state index contributed by atoms with van der Waals surface area (Å²) < 4.78 is 10.4. The van der Waals surface area contributed by atoms with Gasteiger partial charge in [0.15, 0.2) is 0 Å². The molecule has 0 bridgehead atoms. The van der Waals surface area contributed by atoms with Crippen LogP contribution in [0.25, 0.3) is 0 Å². The van der Waals surface area contributed by atoms with Crippen molar-refractivity contribution in [1.29, 1.82) is 0 Å². The van der Waals surface area contributed by atoms with E-state index < -0.39 is 0 Å². The van der Waals surface area contributed by atoms with Crippen molar-refractivity contribution in [3.05, 3.63) is 59.7 Å². The van der Waals surface area contributed by atoms with Crippen LogP contribution in [-0.4, -0.2) is 75.5 Å². The van der Waals surface area contributed by atoms with E-state index in [1.165, 1.54) is 0 Å². The van der Waals surface area contributed by atoms with Crippen molar-refractivity contribution in [2.75, 3.05) is 51.9 Å². The van der Waals surface area contributed by atoms with Crippen LogP contribution in [-0.2, 0) is 9.59 Å². The van der Waals surface area contributed by atoms with E-state index in [1.807, 2.05) is 12.1 Å². The summed E-state index contributed by atoms with van der Waals surface area (Å²) in [6.07, 6.45) is 5.84. The van der Waals surface area contributed by atoms with Gasteiger partial charge >= 0.3 is 0 Å². The molecule has 0 atom stereocenters. The zero-order valence-electron chi connectivity index (χ0n) is 25.8. The van der Waals surface area contributed by atoms with E-state index in [0.29, 0.717) is 61.6 Å². The number of ether oxygens (including phenoxy) is 2. The number of amides is 4. The first kappa shape index (κ1) is 36.8. The Kier molecular flexibility index (Phi) is 19.3. The van der Waals surface area contributed by atoms with Gasteiger partial charge < -0.3 is 30.7 Å². The van der Waals surface area contributed by atoms with Crippen LogP contribution in [0.1, 0.15) is 72.1 Å². The Morgan fingerprint density at radius 2 is 0.955 bits per heavy atom. The van der Waals surface area contributed by atoms with Gasteiger partial charge in [0.25, 0.3) is 11.8 Å². The molecule has 242 valence electrons. The fraction of sp³-hybridized carbons (Fsp3) is 0.500. The van der Waals surface area contributed by atoms with E-state index in [0.717, 1.165) is 50.0 Å². The molecule has 0 spiro atoms. The van der Waals surface area contributed by atoms with E-state index >= 15 is 0 Å². The van der Waals surface area contributed by atoms with Crippen molar-refractivity contribution in [3.8, 4) is 11.5 Å². The van der Waals surface area contributed by atoms with Crippen molar-refractivity contribution < 1.29 is 28.7 Å². The Balaban J connectivity index is 1.35. The van der Waals surface area contributed by atoms with Crippen molar-refractivity contribution >= 4 is 45.2 Å². The fourth-order valence-electron chi connectivity index (χ4n) is 4.19. The number of para-hydroxylation sites is 2. The highest BCUT2D eigenvalue weighted by atomic mass is 33.1. The third-order valence-electron chi connectivity index (χ3n) is 6.53. The van der Waals surface area contributed by atoms with Gasteiger partial charge in [0, 0.05) is 50.5 Å². The minimum absolute atomic E-state index is 0.0414. The Hall–Kier alpha value is -3.38. The number of carbonyl (C=O) groups is 4. The SMILES string of the molecule is COc1ccccc1C(=O)NCCCCCC(=O)NCCSSCCNC(=O)CCCCCNC(=O)c1ccccc1OC. The molecule has 0 aliphatic rings. The number of hydrogen-bond acceptors (Lipinski definition) is 8. The smallest absolute Gasteiger partial charge is 0.255 e. The van der Waals surface area contributed by atoms with Crippen LogP contribution in [0.5, 0.6) is 11.5 Å². The largest absolute Gasteiger partial charge is 0.496 e. The third kappa shape index (κ3) is 15.4. The molecular formula is C32H46N4O6S2. The van der Waals surface area contributed by atoms with Gasteiger partial charge in [-0.3, -0.25) is 19.2 Å². The molecule has 10 nitrogen and oxygen atoms in total. The Labute approximate surface area is 269 Å². The van der Waals surface area contributed by atoms with E-state index in [2.05, 4.69) is 21.3 Å². The molecule has 0 saturated heterocycles. The van der Waals surface area contributed by atoms with Gasteiger partial charge in [-0.25, -0.2) is 0 Å². The summed E-state index contributed by atoms with van der Waals surface area (Å²) in [4.78, 5) is 48.6. The minimum atomic E-state index is -0.157. The number of benzene rings is 2. The monoisotopic (exact) mass is 646 g/mol. The summed E-state index contributed by atoms with van der Waals surface area (Å²) in [5.41, 5.74) is 1.03. The molecule has 0 heterocycles. The van der Waals surface area contributed by atoms with Crippen LogP contribution in [0, 0.1) is 0 Å². The summed E-state index contributed by atoms with van der Waals surface area (Å²) in [7, 11) is 6.43. The summed E-state index contributed by atoms with van der Waals surface area (Å²) in [6.45, 7) is 2.33. The number of methoxy groups -OCH3 is 2. The first-order chi connectivity index (χ1) is 21.5. The molecule has 0 aromatic heterocycles. The lowest BCUT2D eigenvalue weighted by molar-refractivity contribution is -0.121. The van der Waals surface area contributed by atoms with Crippen LogP contribution in [0.15, 0.2) is 48.5 Å². The van der Waals surface area contributed by atoms with Gasteiger partial charge in [0.2, 0.25) is 11.8 Å². The fourth-order valence-corrected chi connectivity index (χ4v) is 6.01. The van der Waals surface area contributed by atoms with Crippen molar-refractivity contribution in [3.63, 3.8) is 0 Å². The van der Waals surface area contributed by atoms with Crippen LogP contribution in [0.2, 0.25) is 0 Å². The Morgan fingerprint density at radius 3 is 1.36 bits per heavy atom. The Morgan fingerprint density at radius 1 is 0.545 bits per heavy atom. The maximum absolute atomic E-state index is 12.3. The first-order valence-corrected chi connectivity index (χ1v) is 17.5. The predicted molar refractivity (Wildman–Crippen MR) is 179 cm³/mol. The molecule has 44 heavy (non-hydrogen) atoms. The lowest BCUT2D eigenvalue weighted by Crippen LogP contribution is -2.26. The number of unbranched alkanes of at least 4 members (excludes halogenated alkanes) is 4. The molecule has 2 rings (SSSR count). The van der Waals surface area contributed by atoms with Crippen molar-refractivity contribution in [1.82, 2.24) is 21.3 Å². The number of hydrogen-bond donors (Lipinski definition) is 4. The van der Waals surface area contributed by atoms with Crippen LogP contribution in [0.4, 0.5) is 0 Å². The van der Waals surface area contributed by atoms with Crippen LogP contribution >= 0.6 is 21.6 Å². The zero-order valence-corrected chi connectivity index (χ0v) is 27.4. The van der Waals surface area contributed by atoms with Crippen LogP contribution < -0.4 is 30.7 Å². The van der Waals surface area contributed by atoms with E-state index in [1.54, 1.807) is 72.2 Å². The molecule has 2 aromatic rings. The second-order valence-corrected chi connectivity index (χ2v) is 12.6. The van der Waals surface area contributed by atoms with E-state index in [4.69, 9.17) is 9.47 Å². The molecule has 0 aliphatic carbocycles. The summed E-state index contributed by atoms with van der Waals surface area (Å²) in [5.74, 6) is 2.47. The zero-order chi connectivity index (χ0) is 31.8. The molecule has 4 N–H and O–H groups in total. The van der Waals surface area contributed by atoms with Gasteiger partial charge in [-0.15, -0.1) is 0 Å². The summed E-state index contributed by atoms with van der Waals surface area (Å²) in [6, 6.07) is 14.2. The molecule has 0 fully saturated rings. The lowest BCUT2D eigenvalue weighted by atomic mass is 10.1. The minimum Gasteiger partial charge on any atom is -0.496 e. The predicted octanol–water partition coefficient (Wildman–Crippen LogP) is 4.60. The van der Waals surface area contributed by atoms with E-state index in [-0.39, 0.29) is 23.6 Å².